The van der Waals surface area contributed by atoms with Crippen molar-refractivity contribution in [2.75, 3.05) is 39.8 Å². The zero-order valence-electron chi connectivity index (χ0n) is 15.5. The van der Waals surface area contributed by atoms with Crippen LogP contribution in [0.4, 0.5) is 4.79 Å². The molecule has 1 rings (SSSR count). The second kappa shape index (κ2) is 10.4. The van der Waals surface area contributed by atoms with Crippen molar-refractivity contribution in [1.29, 1.82) is 0 Å². The fraction of sp³-hybridized carbons (Fsp3) is 0.733. The molecule has 1 fully saturated rings. The molecule has 0 aromatic heterocycles. The van der Waals surface area contributed by atoms with Gasteiger partial charge < -0.3 is 20.9 Å². The third-order valence-corrected chi connectivity index (χ3v) is 3.11. The maximum atomic E-state index is 12.0. The molecule has 0 atom stereocenters. The van der Waals surface area contributed by atoms with Crippen molar-refractivity contribution in [1.82, 2.24) is 25.8 Å². The molecule has 1 saturated heterocycles. The number of carbonyl (C=O) groups excluding carboxylic acids is 3. The van der Waals surface area contributed by atoms with Crippen LogP contribution in [0.15, 0.2) is 4.99 Å². The van der Waals surface area contributed by atoms with Crippen LogP contribution in [0.3, 0.4) is 0 Å². The fourth-order valence-corrected chi connectivity index (χ4v) is 2.16. The number of guanidine groups is 1. The van der Waals surface area contributed by atoms with E-state index in [0.29, 0.717) is 12.5 Å². The van der Waals surface area contributed by atoms with E-state index < -0.39 is 6.03 Å². The maximum Gasteiger partial charge on any atom is 0.324 e. The Morgan fingerprint density at radius 1 is 1.36 bits per heavy atom. The molecule has 1 aliphatic heterocycles. The predicted octanol–water partition coefficient (Wildman–Crippen LogP) is -0.0318. The van der Waals surface area contributed by atoms with E-state index in [2.05, 4.69) is 20.9 Å². The van der Waals surface area contributed by atoms with Crippen LogP contribution in [0.5, 0.6) is 0 Å². The van der Waals surface area contributed by atoms with Gasteiger partial charge in [0, 0.05) is 19.1 Å². The molecule has 0 unspecified atom stereocenters. The van der Waals surface area contributed by atoms with Crippen LogP contribution in [0.25, 0.3) is 0 Å². The largest absolute Gasteiger partial charge is 0.357 e. The highest BCUT2D eigenvalue weighted by Crippen LogP contribution is 2.00. The summed E-state index contributed by atoms with van der Waals surface area (Å²) < 4.78 is 0. The summed E-state index contributed by atoms with van der Waals surface area (Å²) in [7, 11) is 1.76. The Morgan fingerprint density at radius 3 is 2.48 bits per heavy atom. The van der Waals surface area contributed by atoms with Gasteiger partial charge in [0.15, 0.2) is 5.96 Å². The minimum atomic E-state index is -0.391. The Balaban J connectivity index is 0.00000576. The van der Waals surface area contributed by atoms with Gasteiger partial charge in [0.1, 0.15) is 0 Å². The second-order valence-corrected chi connectivity index (χ2v) is 6.59. The quantitative estimate of drug-likeness (QED) is 0.220. The normalized spacial score (nSPS) is 14.8. The molecule has 0 aromatic carbocycles. The lowest BCUT2D eigenvalue weighted by molar-refractivity contribution is -0.125. The van der Waals surface area contributed by atoms with Gasteiger partial charge in [0.25, 0.3) is 0 Å². The van der Waals surface area contributed by atoms with E-state index in [1.54, 1.807) is 11.9 Å². The molecule has 3 N–H and O–H groups in total. The van der Waals surface area contributed by atoms with Gasteiger partial charge >= 0.3 is 6.03 Å². The zero-order chi connectivity index (χ0) is 18.3. The Labute approximate surface area is 166 Å². The zero-order valence-corrected chi connectivity index (χ0v) is 17.8. The third-order valence-electron chi connectivity index (χ3n) is 3.11. The molecule has 1 aliphatic rings. The molecule has 0 spiro atoms. The van der Waals surface area contributed by atoms with E-state index in [0.717, 1.165) is 4.90 Å². The number of likely N-dealkylation sites (N-methyl/N-ethyl adjacent to an activating group) is 1. The van der Waals surface area contributed by atoms with Crippen LogP contribution < -0.4 is 16.0 Å². The standard InChI is InChI=1S/C15H28N6O3.HI/c1-6-16-13(20(5)10-11(22)19-15(2,3)4)17-7-8-21-12(23)9-18-14(21)24;/h6-10H2,1-5H3,(H,16,17)(H,18,24)(H,19,22);1H. The van der Waals surface area contributed by atoms with Gasteiger partial charge in [-0.05, 0) is 27.7 Å². The van der Waals surface area contributed by atoms with Crippen LogP contribution in [0.1, 0.15) is 27.7 Å². The highest BCUT2D eigenvalue weighted by Gasteiger charge is 2.27. The van der Waals surface area contributed by atoms with Crippen molar-refractivity contribution in [3.63, 3.8) is 0 Å². The molecular formula is C15H29IN6O3. The first-order valence-corrected chi connectivity index (χ1v) is 8.02. The molecule has 25 heavy (non-hydrogen) atoms. The molecule has 0 radical (unpaired) electrons. The molecule has 0 aliphatic carbocycles. The summed E-state index contributed by atoms with van der Waals surface area (Å²) in [6, 6.07) is -0.391. The van der Waals surface area contributed by atoms with Crippen LogP contribution >= 0.6 is 24.0 Å². The molecule has 0 saturated carbocycles. The average Bonchev–Trinajstić information content (AvgIpc) is 2.75. The number of aliphatic imine (C=N–C) groups is 1. The first-order valence-electron chi connectivity index (χ1n) is 8.02. The maximum absolute atomic E-state index is 12.0. The number of hydrogen-bond acceptors (Lipinski definition) is 4. The van der Waals surface area contributed by atoms with Crippen molar-refractivity contribution in [2.45, 2.75) is 33.2 Å². The van der Waals surface area contributed by atoms with Gasteiger partial charge in [0.2, 0.25) is 11.8 Å². The Bertz CT molecular complexity index is 502. The van der Waals surface area contributed by atoms with Crippen molar-refractivity contribution >= 4 is 47.8 Å². The topological polar surface area (TPSA) is 106 Å². The van der Waals surface area contributed by atoms with Crippen molar-refractivity contribution < 1.29 is 14.4 Å². The predicted molar refractivity (Wildman–Crippen MR) is 107 cm³/mol. The van der Waals surface area contributed by atoms with E-state index >= 15 is 0 Å². The molecule has 144 valence electrons. The summed E-state index contributed by atoms with van der Waals surface area (Å²) in [6.07, 6.45) is 0. The second-order valence-electron chi connectivity index (χ2n) is 6.59. The van der Waals surface area contributed by atoms with Crippen LogP contribution in [0.2, 0.25) is 0 Å². The number of rotatable bonds is 6. The molecule has 0 aromatic rings. The van der Waals surface area contributed by atoms with E-state index in [-0.39, 0.29) is 67.5 Å². The molecule has 4 amide bonds. The summed E-state index contributed by atoms with van der Waals surface area (Å²) in [5.41, 5.74) is -0.295. The van der Waals surface area contributed by atoms with Crippen LogP contribution in [0, 0.1) is 0 Å². The highest BCUT2D eigenvalue weighted by molar-refractivity contribution is 14.0. The minimum absolute atomic E-state index is 0. The van der Waals surface area contributed by atoms with Crippen molar-refractivity contribution in [2.24, 2.45) is 4.99 Å². The monoisotopic (exact) mass is 468 g/mol. The SMILES string of the molecule is CCNC(=NCCN1C(=O)CNC1=O)N(C)CC(=O)NC(C)(C)C.I. The summed E-state index contributed by atoms with van der Waals surface area (Å²) in [5.74, 6) is 0.191. The van der Waals surface area contributed by atoms with Crippen molar-refractivity contribution in [3.05, 3.63) is 0 Å². The average molecular weight is 468 g/mol. The number of nitrogens with one attached hydrogen (secondary N) is 3. The van der Waals surface area contributed by atoms with Crippen LogP contribution in [-0.4, -0.2) is 78.9 Å². The number of carbonyl (C=O) groups is 3. The first kappa shape index (κ1) is 23.4. The molecule has 1 heterocycles. The lowest BCUT2D eigenvalue weighted by atomic mass is 10.1. The number of amides is 4. The molecule has 9 nitrogen and oxygen atoms in total. The van der Waals surface area contributed by atoms with Gasteiger partial charge in [-0.15, -0.1) is 24.0 Å². The molecular weight excluding hydrogens is 439 g/mol. The number of halogens is 1. The van der Waals surface area contributed by atoms with Gasteiger partial charge in [0.05, 0.1) is 26.2 Å². The number of imide groups is 1. The summed E-state index contributed by atoms with van der Waals surface area (Å²) in [5, 5.41) is 8.44. The van der Waals surface area contributed by atoms with Crippen molar-refractivity contribution in [3.8, 4) is 0 Å². The molecule has 10 heteroatoms. The van der Waals surface area contributed by atoms with E-state index in [1.165, 1.54) is 0 Å². The Morgan fingerprint density at radius 2 is 2.00 bits per heavy atom. The first-order chi connectivity index (χ1) is 11.1. The number of nitrogens with zero attached hydrogens (tertiary/aromatic N) is 3. The van der Waals surface area contributed by atoms with Gasteiger partial charge in [-0.3, -0.25) is 19.5 Å². The van der Waals surface area contributed by atoms with E-state index in [4.69, 9.17) is 0 Å². The van der Waals surface area contributed by atoms with Gasteiger partial charge in [-0.25, -0.2) is 4.79 Å². The number of urea groups is 1. The molecule has 0 bridgehead atoms. The highest BCUT2D eigenvalue weighted by atomic mass is 127. The Hall–Kier alpha value is -1.59. The minimum Gasteiger partial charge on any atom is -0.357 e. The fourth-order valence-electron chi connectivity index (χ4n) is 2.16. The lowest BCUT2D eigenvalue weighted by Crippen LogP contribution is -2.49. The van der Waals surface area contributed by atoms with E-state index in [9.17, 15) is 14.4 Å². The lowest BCUT2D eigenvalue weighted by Gasteiger charge is -2.25. The van der Waals surface area contributed by atoms with Gasteiger partial charge in [-0.1, -0.05) is 0 Å². The smallest absolute Gasteiger partial charge is 0.324 e. The summed E-state index contributed by atoms with van der Waals surface area (Å²) in [6.45, 7) is 9.01. The summed E-state index contributed by atoms with van der Waals surface area (Å²) >= 11 is 0. The van der Waals surface area contributed by atoms with Gasteiger partial charge in [-0.2, -0.15) is 0 Å². The van der Waals surface area contributed by atoms with E-state index in [1.807, 2.05) is 27.7 Å². The third kappa shape index (κ3) is 8.36. The number of hydrogen-bond donors (Lipinski definition) is 3. The summed E-state index contributed by atoms with van der Waals surface area (Å²) in [4.78, 5) is 42.2. The Kier molecular flexibility index (Phi) is 9.75. The van der Waals surface area contributed by atoms with Crippen LogP contribution in [-0.2, 0) is 9.59 Å².